The minimum atomic E-state index is -0.498. The molecular formula is C15H9Cl5O2. The van der Waals surface area contributed by atoms with Gasteiger partial charge in [-0.2, -0.15) is 0 Å². The summed E-state index contributed by atoms with van der Waals surface area (Å²) in [5.41, 5.74) is 1.02. The van der Waals surface area contributed by atoms with Crippen molar-refractivity contribution >= 4 is 64.0 Å². The van der Waals surface area contributed by atoms with Gasteiger partial charge in [0.25, 0.3) is 0 Å². The molecule has 0 saturated heterocycles. The molecule has 22 heavy (non-hydrogen) atoms. The molecule has 2 aromatic rings. The van der Waals surface area contributed by atoms with Gasteiger partial charge < -0.3 is 4.74 Å². The molecular weight excluding hydrogens is 389 g/mol. The summed E-state index contributed by atoms with van der Waals surface area (Å²) in [4.78, 5) is 11.9. The topological polar surface area (TPSA) is 26.3 Å². The number of benzene rings is 2. The van der Waals surface area contributed by atoms with E-state index in [0.29, 0.717) is 6.42 Å². The highest BCUT2D eigenvalue weighted by atomic mass is 35.5. The fourth-order valence-corrected chi connectivity index (χ4v) is 2.93. The number of esters is 1. The highest BCUT2D eigenvalue weighted by Gasteiger charge is 2.22. The molecule has 2 rings (SSSR count). The summed E-state index contributed by atoms with van der Waals surface area (Å²) in [5, 5.41) is -0.0992. The molecule has 0 saturated carbocycles. The van der Waals surface area contributed by atoms with E-state index in [1.807, 2.05) is 30.3 Å². The minimum Gasteiger partial charge on any atom is -0.423 e. The molecule has 0 amide bonds. The van der Waals surface area contributed by atoms with Gasteiger partial charge in [0.05, 0.1) is 15.1 Å². The molecule has 0 aliphatic carbocycles. The van der Waals surface area contributed by atoms with Crippen molar-refractivity contribution in [3.63, 3.8) is 0 Å². The first-order valence-electron chi connectivity index (χ1n) is 6.18. The smallest absolute Gasteiger partial charge is 0.311 e. The van der Waals surface area contributed by atoms with Crippen LogP contribution in [0.1, 0.15) is 12.0 Å². The number of aryl methyl sites for hydroxylation is 1. The van der Waals surface area contributed by atoms with Gasteiger partial charge in [-0.3, -0.25) is 4.79 Å². The second kappa shape index (κ2) is 7.76. The van der Waals surface area contributed by atoms with Crippen LogP contribution < -0.4 is 4.74 Å². The lowest BCUT2D eigenvalue weighted by Gasteiger charge is -2.12. The summed E-state index contributed by atoms with van der Waals surface area (Å²) in [6, 6.07) is 9.53. The Labute approximate surface area is 152 Å². The molecule has 0 bridgehead atoms. The normalized spacial score (nSPS) is 10.6. The molecule has 7 heteroatoms. The Morgan fingerprint density at radius 1 is 0.818 bits per heavy atom. The van der Waals surface area contributed by atoms with Crippen molar-refractivity contribution in [2.24, 2.45) is 0 Å². The first-order chi connectivity index (χ1) is 10.4. The molecule has 0 heterocycles. The summed E-state index contributed by atoms with van der Waals surface area (Å²) >= 11 is 29.7. The quantitative estimate of drug-likeness (QED) is 0.255. The van der Waals surface area contributed by atoms with Crippen LogP contribution in [-0.4, -0.2) is 5.97 Å². The molecule has 0 fully saturated rings. The van der Waals surface area contributed by atoms with Crippen LogP contribution in [0.15, 0.2) is 30.3 Å². The Kier molecular flexibility index (Phi) is 6.25. The zero-order valence-corrected chi connectivity index (χ0v) is 14.8. The van der Waals surface area contributed by atoms with Crippen molar-refractivity contribution in [3.8, 4) is 5.75 Å². The van der Waals surface area contributed by atoms with Crippen LogP contribution >= 0.6 is 58.0 Å². The second-order valence-electron chi connectivity index (χ2n) is 4.36. The van der Waals surface area contributed by atoms with Crippen molar-refractivity contribution < 1.29 is 9.53 Å². The number of hydrogen-bond acceptors (Lipinski definition) is 2. The fraction of sp³-hybridized carbons (Fsp3) is 0.133. The van der Waals surface area contributed by atoms with Crippen LogP contribution in [0.4, 0.5) is 0 Å². The van der Waals surface area contributed by atoms with E-state index in [0.717, 1.165) is 5.56 Å². The Hall–Kier alpha value is -0.640. The lowest BCUT2D eigenvalue weighted by molar-refractivity contribution is -0.134. The van der Waals surface area contributed by atoms with E-state index in [4.69, 9.17) is 62.7 Å². The van der Waals surface area contributed by atoms with Crippen molar-refractivity contribution in [1.29, 1.82) is 0 Å². The highest BCUT2D eigenvalue weighted by molar-refractivity contribution is 6.55. The summed E-state index contributed by atoms with van der Waals surface area (Å²) in [6.45, 7) is 0. The third-order valence-corrected chi connectivity index (χ3v) is 5.09. The molecule has 116 valence electrons. The summed E-state index contributed by atoms with van der Waals surface area (Å²) in [5.74, 6) is -0.581. The van der Waals surface area contributed by atoms with Gasteiger partial charge in [-0.25, -0.2) is 0 Å². The standard InChI is InChI=1S/C15H9Cl5O2/c16-10-11(17)13(19)15(14(20)12(10)18)22-9(21)7-6-8-4-2-1-3-5-8/h1-5H,6-7H2. The van der Waals surface area contributed by atoms with Gasteiger partial charge in [0.15, 0.2) is 5.75 Å². The molecule has 2 nitrogen and oxygen atoms in total. The second-order valence-corrected chi connectivity index (χ2v) is 6.25. The summed E-state index contributed by atoms with van der Waals surface area (Å²) < 4.78 is 5.18. The third kappa shape index (κ3) is 4.01. The number of carbonyl (C=O) groups excluding carboxylic acids is 1. The first-order valence-corrected chi connectivity index (χ1v) is 8.06. The van der Waals surface area contributed by atoms with Crippen LogP contribution in [0.5, 0.6) is 5.75 Å². The number of halogens is 5. The number of rotatable bonds is 4. The van der Waals surface area contributed by atoms with Gasteiger partial charge >= 0.3 is 5.97 Å². The van der Waals surface area contributed by atoms with Crippen LogP contribution in [-0.2, 0) is 11.2 Å². The van der Waals surface area contributed by atoms with E-state index in [2.05, 4.69) is 0 Å². The van der Waals surface area contributed by atoms with E-state index in [1.54, 1.807) is 0 Å². The number of ether oxygens (including phenoxy) is 1. The lowest BCUT2D eigenvalue weighted by atomic mass is 10.1. The van der Waals surface area contributed by atoms with Gasteiger partial charge in [0.2, 0.25) is 0 Å². The number of hydrogen-bond donors (Lipinski definition) is 0. The predicted molar refractivity (Wildman–Crippen MR) is 91.9 cm³/mol. The van der Waals surface area contributed by atoms with Gasteiger partial charge in [-0.15, -0.1) is 0 Å². The van der Waals surface area contributed by atoms with Gasteiger partial charge in [-0.1, -0.05) is 88.3 Å². The Balaban J connectivity index is 2.12. The maximum atomic E-state index is 11.9. The average molecular weight is 399 g/mol. The highest BCUT2D eigenvalue weighted by Crippen LogP contribution is 2.48. The zero-order valence-electron chi connectivity index (χ0n) is 11.0. The van der Waals surface area contributed by atoms with Crippen molar-refractivity contribution in [1.82, 2.24) is 0 Å². The van der Waals surface area contributed by atoms with Crippen molar-refractivity contribution in [2.75, 3.05) is 0 Å². The summed E-state index contributed by atoms with van der Waals surface area (Å²) in [7, 11) is 0. The molecule has 0 aliphatic heterocycles. The van der Waals surface area contributed by atoms with Crippen LogP contribution in [0, 0.1) is 0 Å². The van der Waals surface area contributed by atoms with Gasteiger partial charge in [0.1, 0.15) is 10.0 Å². The maximum Gasteiger partial charge on any atom is 0.311 e. The molecule has 0 aromatic heterocycles. The van der Waals surface area contributed by atoms with Crippen LogP contribution in [0.3, 0.4) is 0 Å². The molecule has 0 N–H and O–H groups in total. The molecule has 0 aliphatic rings. The van der Waals surface area contributed by atoms with Crippen molar-refractivity contribution in [3.05, 3.63) is 61.0 Å². The van der Waals surface area contributed by atoms with E-state index >= 15 is 0 Å². The predicted octanol–water partition coefficient (Wildman–Crippen LogP) is 6.49. The Morgan fingerprint density at radius 2 is 1.32 bits per heavy atom. The van der Waals surface area contributed by atoms with Crippen LogP contribution in [0.2, 0.25) is 25.1 Å². The first kappa shape index (κ1) is 17.7. The zero-order chi connectivity index (χ0) is 16.3. The van der Waals surface area contributed by atoms with Crippen LogP contribution in [0.25, 0.3) is 0 Å². The van der Waals surface area contributed by atoms with Gasteiger partial charge in [0, 0.05) is 6.42 Å². The molecule has 0 radical (unpaired) electrons. The SMILES string of the molecule is O=C(CCc1ccccc1)Oc1c(Cl)c(Cl)c(Cl)c(Cl)c1Cl. The summed E-state index contributed by atoms with van der Waals surface area (Å²) in [6.07, 6.45) is 0.693. The van der Waals surface area contributed by atoms with Gasteiger partial charge in [-0.05, 0) is 12.0 Å². The Bertz CT molecular complexity index is 672. The fourth-order valence-electron chi connectivity index (χ4n) is 1.73. The van der Waals surface area contributed by atoms with E-state index in [9.17, 15) is 4.79 Å². The third-order valence-electron chi connectivity index (χ3n) is 2.85. The van der Waals surface area contributed by atoms with E-state index < -0.39 is 5.97 Å². The molecule has 0 atom stereocenters. The molecule has 0 spiro atoms. The lowest BCUT2D eigenvalue weighted by Crippen LogP contribution is -2.10. The van der Waals surface area contributed by atoms with E-state index in [1.165, 1.54) is 0 Å². The van der Waals surface area contributed by atoms with E-state index in [-0.39, 0.29) is 37.3 Å². The largest absolute Gasteiger partial charge is 0.423 e. The van der Waals surface area contributed by atoms with Crippen molar-refractivity contribution in [2.45, 2.75) is 12.8 Å². The average Bonchev–Trinajstić information content (AvgIpc) is 2.54. The number of carbonyl (C=O) groups is 1. The monoisotopic (exact) mass is 396 g/mol. The minimum absolute atomic E-state index is 0.0106. The maximum absolute atomic E-state index is 11.9. The Morgan fingerprint density at radius 3 is 1.86 bits per heavy atom. The molecule has 2 aromatic carbocycles. The molecule has 0 unspecified atom stereocenters.